The van der Waals surface area contributed by atoms with Crippen LogP contribution in [0.5, 0.6) is 11.5 Å². The van der Waals surface area contributed by atoms with Gasteiger partial charge in [0.25, 0.3) is 0 Å². The third-order valence-corrected chi connectivity index (χ3v) is 9.91. The summed E-state index contributed by atoms with van der Waals surface area (Å²) in [5.74, 6) is 1.58. The van der Waals surface area contributed by atoms with Gasteiger partial charge in [0.15, 0.2) is 0 Å². The van der Waals surface area contributed by atoms with Crippen molar-refractivity contribution in [2.45, 2.75) is 26.1 Å². The number of carbonyl (C=O) groups is 2. The molecule has 0 aliphatic carbocycles. The molecule has 54 heavy (non-hydrogen) atoms. The molecule has 0 heterocycles. The average molecular weight is 703 g/mol. The van der Waals surface area contributed by atoms with Crippen molar-refractivity contribution in [3.8, 4) is 22.6 Å². The van der Waals surface area contributed by atoms with Crippen molar-refractivity contribution in [3.05, 3.63) is 214 Å². The zero-order chi connectivity index (χ0) is 36.7. The van der Waals surface area contributed by atoms with Crippen LogP contribution in [0, 0.1) is 0 Å². The maximum atomic E-state index is 11.0. The van der Waals surface area contributed by atoms with E-state index in [1.807, 2.05) is 48.5 Å². The largest absolute Gasteiger partial charge is 0.488 e. The molecule has 8 rings (SSSR count). The molecule has 0 bridgehead atoms. The summed E-state index contributed by atoms with van der Waals surface area (Å²) in [4.78, 5) is 22.1. The molecule has 0 N–H and O–H groups in total. The van der Waals surface area contributed by atoms with E-state index in [2.05, 4.69) is 121 Å². The lowest BCUT2D eigenvalue weighted by Gasteiger charge is -2.20. The molecule has 8 aromatic carbocycles. The van der Waals surface area contributed by atoms with Gasteiger partial charge in [-0.3, -0.25) is 9.59 Å². The second kappa shape index (κ2) is 15.9. The van der Waals surface area contributed by atoms with E-state index in [9.17, 15) is 9.59 Å². The number of hydrogen-bond acceptors (Lipinski definition) is 4. The van der Waals surface area contributed by atoms with Crippen LogP contribution in [0.2, 0.25) is 0 Å². The van der Waals surface area contributed by atoms with Crippen LogP contribution in [0.3, 0.4) is 0 Å². The standard InChI is InChI=1S/C50H38O4/c51-31-39-17-9-35(10-18-39)29-37-13-21-41(22-14-37)33-53-47-27-25-43-5-1-3-7-45(43)49(47)50-46-8-4-2-6-44(46)26-28-48(50)54-34-42-23-15-38(16-24-42)30-36-11-19-40(32-52)20-12-36/h1-28,31-32H,29-30,33-34H2. The van der Waals surface area contributed by atoms with Crippen molar-refractivity contribution in [3.63, 3.8) is 0 Å². The molecule has 0 radical (unpaired) electrons. The normalized spacial score (nSPS) is 11.0. The monoisotopic (exact) mass is 702 g/mol. The quantitative estimate of drug-likeness (QED) is 0.112. The third-order valence-electron chi connectivity index (χ3n) is 9.91. The van der Waals surface area contributed by atoms with E-state index in [1.54, 1.807) is 0 Å². The van der Waals surface area contributed by atoms with Gasteiger partial charge < -0.3 is 9.47 Å². The van der Waals surface area contributed by atoms with E-state index >= 15 is 0 Å². The van der Waals surface area contributed by atoms with E-state index in [-0.39, 0.29) is 0 Å². The second-order valence-electron chi connectivity index (χ2n) is 13.6. The molecule has 8 aromatic rings. The molecule has 0 atom stereocenters. The third kappa shape index (κ3) is 7.69. The highest BCUT2D eigenvalue weighted by atomic mass is 16.5. The van der Waals surface area contributed by atoms with Crippen LogP contribution < -0.4 is 9.47 Å². The number of rotatable bonds is 13. The Hall–Kier alpha value is -6.78. The molecule has 0 aliphatic heterocycles. The summed E-state index contributed by atoms with van der Waals surface area (Å²) >= 11 is 0. The Morgan fingerprint density at radius 2 is 0.685 bits per heavy atom. The predicted octanol–water partition coefficient (Wildman–Crippen LogP) is 11.6. The highest BCUT2D eigenvalue weighted by Gasteiger charge is 2.19. The zero-order valence-electron chi connectivity index (χ0n) is 29.8. The highest BCUT2D eigenvalue weighted by Crippen LogP contribution is 2.46. The molecule has 0 unspecified atom stereocenters. The summed E-state index contributed by atoms with van der Waals surface area (Å²) in [5.41, 5.74) is 10.2. The Balaban J connectivity index is 1.07. The van der Waals surface area contributed by atoms with Gasteiger partial charge in [0.05, 0.1) is 0 Å². The van der Waals surface area contributed by atoms with Crippen LogP contribution in [-0.4, -0.2) is 12.6 Å². The first-order chi connectivity index (χ1) is 26.6. The van der Waals surface area contributed by atoms with Crippen LogP contribution in [0.1, 0.15) is 54.1 Å². The molecule has 0 spiro atoms. The van der Waals surface area contributed by atoms with Crippen molar-refractivity contribution in [1.82, 2.24) is 0 Å². The van der Waals surface area contributed by atoms with Gasteiger partial charge in [-0.1, -0.05) is 158 Å². The summed E-state index contributed by atoms with van der Waals surface area (Å²) in [6.07, 6.45) is 3.33. The number of carbonyl (C=O) groups excluding carboxylic acids is 2. The van der Waals surface area contributed by atoms with Crippen LogP contribution in [0.4, 0.5) is 0 Å². The first-order valence-electron chi connectivity index (χ1n) is 18.2. The first-order valence-corrected chi connectivity index (χ1v) is 18.2. The SMILES string of the molecule is O=Cc1ccc(Cc2ccc(COc3ccc4ccccc4c3-c3c(OCc4ccc(Cc5ccc(C=O)cc5)cc4)ccc4ccccc34)cc2)cc1. The van der Waals surface area contributed by atoms with Crippen LogP contribution in [-0.2, 0) is 26.1 Å². The Labute approximate surface area is 315 Å². The molecule has 262 valence electrons. The molecule has 0 saturated heterocycles. The smallest absolute Gasteiger partial charge is 0.150 e. The van der Waals surface area contributed by atoms with Gasteiger partial charge in [0, 0.05) is 22.3 Å². The summed E-state index contributed by atoms with van der Waals surface area (Å²) < 4.78 is 13.4. The number of aldehydes is 2. The lowest BCUT2D eigenvalue weighted by atomic mass is 9.92. The maximum absolute atomic E-state index is 11.0. The molecule has 0 saturated carbocycles. The van der Waals surface area contributed by atoms with Crippen LogP contribution in [0.25, 0.3) is 32.7 Å². The van der Waals surface area contributed by atoms with Crippen molar-refractivity contribution < 1.29 is 19.1 Å². The van der Waals surface area contributed by atoms with Crippen molar-refractivity contribution in [2.24, 2.45) is 0 Å². The Bertz CT molecular complexity index is 2370. The minimum atomic E-state index is 0.411. The number of hydrogen-bond donors (Lipinski definition) is 0. The number of benzene rings is 8. The number of fused-ring (bicyclic) bond motifs is 2. The fraction of sp³-hybridized carbons (Fsp3) is 0.0800. The van der Waals surface area contributed by atoms with Crippen molar-refractivity contribution >= 4 is 34.1 Å². The summed E-state index contributed by atoms with van der Waals surface area (Å²) in [6, 6.07) is 57.8. The molecular weight excluding hydrogens is 665 g/mol. The van der Waals surface area contributed by atoms with E-state index in [1.165, 1.54) is 11.1 Å². The van der Waals surface area contributed by atoms with E-state index in [0.29, 0.717) is 24.3 Å². The lowest BCUT2D eigenvalue weighted by molar-refractivity contribution is 0.111. The van der Waals surface area contributed by atoms with E-state index in [0.717, 1.165) is 91.8 Å². The average Bonchev–Trinajstić information content (AvgIpc) is 3.23. The Kier molecular flexibility index (Phi) is 10.1. The summed E-state index contributed by atoms with van der Waals surface area (Å²) in [7, 11) is 0. The number of ether oxygens (including phenoxy) is 2. The highest BCUT2D eigenvalue weighted by molar-refractivity contribution is 6.09. The van der Waals surface area contributed by atoms with Crippen LogP contribution in [0.15, 0.2) is 170 Å². The fourth-order valence-corrected chi connectivity index (χ4v) is 6.99. The molecule has 0 amide bonds. The molecule has 0 fully saturated rings. The van der Waals surface area contributed by atoms with Gasteiger partial charge in [0.1, 0.15) is 37.3 Å². The lowest BCUT2D eigenvalue weighted by Crippen LogP contribution is -2.01. The van der Waals surface area contributed by atoms with Crippen LogP contribution >= 0.6 is 0 Å². The summed E-state index contributed by atoms with van der Waals surface area (Å²) in [5, 5.41) is 4.44. The van der Waals surface area contributed by atoms with Gasteiger partial charge in [-0.05, 0) is 79.9 Å². The second-order valence-corrected chi connectivity index (χ2v) is 13.6. The van der Waals surface area contributed by atoms with Gasteiger partial charge in [-0.15, -0.1) is 0 Å². The topological polar surface area (TPSA) is 52.6 Å². The van der Waals surface area contributed by atoms with Crippen molar-refractivity contribution in [1.29, 1.82) is 0 Å². The Morgan fingerprint density at radius 3 is 1.06 bits per heavy atom. The van der Waals surface area contributed by atoms with Gasteiger partial charge in [0.2, 0.25) is 0 Å². The van der Waals surface area contributed by atoms with Crippen molar-refractivity contribution in [2.75, 3.05) is 0 Å². The summed E-state index contributed by atoms with van der Waals surface area (Å²) in [6.45, 7) is 0.822. The molecule has 0 aliphatic rings. The molecule has 0 aromatic heterocycles. The Morgan fingerprint density at radius 1 is 0.352 bits per heavy atom. The van der Waals surface area contributed by atoms with E-state index in [4.69, 9.17) is 9.47 Å². The minimum absolute atomic E-state index is 0.411. The molecular formula is C50H38O4. The molecule has 4 heteroatoms. The van der Waals surface area contributed by atoms with Gasteiger partial charge in [-0.25, -0.2) is 0 Å². The van der Waals surface area contributed by atoms with E-state index < -0.39 is 0 Å². The first kappa shape index (κ1) is 34.3. The zero-order valence-corrected chi connectivity index (χ0v) is 29.8. The minimum Gasteiger partial charge on any atom is -0.488 e. The fourth-order valence-electron chi connectivity index (χ4n) is 6.99. The van der Waals surface area contributed by atoms with Gasteiger partial charge >= 0.3 is 0 Å². The maximum Gasteiger partial charge on any atom is 0.150 e. The van der Waals surface area contributed by atoms with Gasteiger partial charge in [-0.2, -0.15) is 0 Å². The molecule has 4 nitrogen and oxygen atoms in total. The predicted molar refractivity (Wildman–Crippen MR) is 218 cm³/mol.